The van der Waals surface area contributed by atoms with Gasteiger partial charge in [0.05, 0.1) is 17.7 Å². The van der Waals surface area contributed by atoms with Crippen LogP contribution < -0.4 is 0 Å². The summed E-state index contributed by atoms with van der Waals surface area (Å²) < 4.78 is 10.3. The van der Waals surface area contributed by atoms with Crippen LogP contribution in [0, 0.1) is 0 Å². The van der Waals surface area contributed by atoms with E-state index in [-0.39, 0.29) is 0 Å². The molecule has 2 aromatic carbocycles. The molecule has 0 spiro atoms. The van der Waals surface area contributed by atoms with Gasteiger partial charge in [0.1, 0.15) is 0 Å². The minimum absolute atomic E-state index is 0.350. The number of carbonyl (C=O) groups is 2. The van der Waals surface area contributed by atoms with Gasteiger partial charge in [-0.05, 0) is 37.1 Å². The lowest BCUT2D eigenvalue weighted by Crippen LogP contribution is -2.15. The van der Waals surface area contributed by atoms with E-state index in [0.717, 1.165) is 5.56 Å². The maximum atomic E-state index is 12.2. The molecule has 0 amide bonds. The highest BCUT2D eigenvalue weighted by molar-refractivity contribution is 6.03. The number of rotatable bonds is 6. The van der Waals surface area contributed by atoms with Gasteiger partial charge in [-0.1, -0.05) is 36.4 Å². The van der Waals surface area contributed by atoms with Crippen LogP contribution in [0.15, 0.2) is 54.6 Å². The number of benzene rings is 2. The van der Waals surface area contributed by atoms with Crippen molar-refractivity contribution in [2.45, 2.75) is 13.3 Å². The lowest BCUT2D eigenvalue weighted by molar-refractivity contribution is 0.0397. The fourth-order valence-electron chi connectivity index (χ4n) is 2.04. The Bertz CT molecular complexity index is 635. The molecule has 0 bridgehead atoms. The van der Waals surface area contributed by atoms with E-state index in [0.29, 0.717) is 30.8 Å². The highest BCUT2D eigenvalue weighted by atomic mass is 16.6. The Morgan fingerprint density at radius 1 is 0.909 bits per heavy atom. The molecule has 2 aromatic rings. The van der Waals surface area contributed by atoms with Crippen molar-refractivity contribution in [3.8, 4) is 0 Å². The quantitative estimate of drug-likeness (QED) is 0.466. The van der Waals surface area contributed by atoms with Crippen molar-refractivity contribution < 1.29 is 19.1 Å². The molecule has 22 heavy (non-hydrogen) atoms. The first-order valence-electron chi connectivity index (χ1n) is 7.19. The van der Waals surface area contributed by atoms with Crippen LogP contribution in [0.4, 0.5) is 0 Å². The van der Waals surface area contributed by atoms with Crippen molar-refractivity contribution in [3.63, 3.8) is 0 Å². The molecule has 0 aliphatic carbocycles. The topological polar surface area (TPSA) is 52.6 Å². The third-order valence-electron chi connectivity index (χ3n) is 3.15. The third-order valence-corrected chi connectivity index (χ3v) is 3.15. The summed E-state index contributed by atoms with van der Waals surface area (Å²) in [5, 5.41) is 0. The second-order valence-electron chi connectivity index (χ2n) is 4.65. The molecule has 0 N–H and O–H groups in total. The monoisotopic (exact) mass is 298 g/mol. The SMILES string of the molecule is CCOCCc1ccccc1C(=O)OC(=O)c1ccccc1. The first-order valence-corrected chi connectivity index (χ1v) is 7.19. The summed E-state index contributed by atoms with van der Waals surface area (Å²) in [6.07, 6.45) is 0.596. The molecule has 0 aliphatic heterocycles. The second kappa shape index (κ2) is 8.10. The minimum atomic E-state index is -0.648. The van der Waals surface area contributed by atoms with Gasteiger partial charge in [0.15, 0.2) is 0 Å². The molecule has 0 radical (unpaired) electrons. The maximum Gasteiger partial charge on any atom is 0.346 e. The van der Waals surface area contributed by atoms with Gasteiger partial charge < -0.3 is 9.47 Å². The molecule has 4 nitrogen and oxygen atoms in total. The van der Waals surface area contributed by atoms with Crippen molar-refractivity contribution in [3.05, 3.63) is 71.3 Å². The Hall–Kier alpha value is -2.46. The lowest BCUT2D eigenvalue weighted by atomic mass is 10.1. The van der Waals surface area contributed by atoms with Crippen LogP contribution in [-0.2, 0) is 15.9 Å². The van der Waals surface area contributed by atoms with Crippen LogP contribution in [0.1, 0.15) is 33.2 Å². The van der Waals surface area contributed by atoms with Crippen LogP contribution >= 0.6 is 0 Å². The summed E-state index contributed by atoms with van der Waals surface area (Å²) >= 11 is 0. The average molecular weight is 298 g/mol. The second-order valence-corrected chi connectivity index (χ2v) is 4.65. The largest absolute Gasteiger partial charge is 0.386 e. The smallest absolute Gasteiger partial charge is 0.346 e. The number of hydrogen-bond acceptors (Lipinski definition) is 4. The van der Waals surface area contributed by atoms with Gasteiger partial charge in [0.2, 0.25) is 0 Å². The summed E-state index contributed by atoms with van der Waals surface area (Å²) in [6, 6.07) is 15.5. The minimum Gasteiger partial charge on any atom is -0.386 e. The fraction of sp³-hybridized carbons (Fsp3) is 0.222. The Kier molecular flexibility index (Phi) is 5.86. The molecule has 0 saturated carbocycles. The third kappa shape index (κ3) is 4.27. The van der Waals surface area contributed by atoms with Gasteiger partial charge in [-0.15, -0.1) is 0 Å². The van der Waals surface area contributed by atoms with Crippen molar-refractivity contribution in [1.29, 1.82) is 0 Å². The molecule has 0 aromatic heterocycles. The Morgan fingerprint density at radius 2 is 1.59 bits per heavy atom. The van der Waals surface area contributed by atoms with Gasteiger partial charge in [0, 0.05) is 6.61 Å². The van der Waals surface area contributed by atoms with Gasteiger partial charge in [-0.25, -0.2) is 9.59 Å². The molecule has 0 atom stereocenters. The fourth-order valence-corrected chi connectivity index (χ4v) is 2.04. The normalized spacial score (nSPS) is 10.2. The maximum absolute atomic E-state index is 12.2. The van der Waals surface area contributed by atoms with Crippen molar-refractivity contribution >= 4 is 11.9 Å². The average Bonchev–Trinajstić information content (AvgIpc) is 2.56. The molecular weight excluding hydrogens is 280 g/mol. The standard InChI is InChI=1S/C18H18O4/c1-2-21-13-12-14-8-6-7-11-16(14)18(20)22-17(19)15-9-4-3-5-10-15/h3-11H,2,12-13H2,1H3. The molecule has 4 heteroatoms. The van der Waals surface area contributed by atoms with E-state index >= 15 is 0 Å². The summed E-state index contributed by atoms with van der Waals surface area (Å²) in [5.41, 5.74) is 1.55. The number of carbonyl (C=O) groups excluding carboxylic acids is 2. The van der Waals surface area contributed by atoms with E-state index in [1.165, 1.54) is 0 Å². The summed E-state index contributed by atoms with van der Waals surface area (Å²) in [4.78, 5) is 24.1. The first-order chi connectivity index (χ1) is 10.7. The molecule has 0 saturated heterocycles. The van der Waals surface area contributed by atoms with Crippen LogP contribution in [0.3, 0.4) is 0 Å². The molecule has 0 aliphatic rings. The van der Waals surface area contributed by atoms with Gasteiger partial charge in [0.25, 0.3) is 0 Å². The zero-order valence-corrected chi connectivity index (χ0v) is 12.5. The molecular formula is C18H18O4. The molecule has 0 unspecified atom stereocenters. The number of esters is 2. The van der Waals surface area contributed by atoms with Gasteiger partial charge in [-0.3, -0.25) is 0 Å². The highest BCUT2D eigenvalue weighted by Gasteiger charge is 2.17. The van der Waals surface area contributed by atoms with E-state index in [4.69, 9.17) is 9.47 Å². The summed E-state index contributed by atoms with van der Waals surface area (Å²) in [5.74, 6) is -1.29. The van der Waals surface area contributed by atoms with E-state index < -0.39 is 11.9 Å². The molecule has 0 fully saturated rings. The summed E-state index contributed by atoms with van der Waals surface area (Å²) in [7, 11) is 0. The van der Waals surface area contributed by atoms with Crippen molar-refractivity contribution in [1.82, 2.24) is 0 Å². The predicted molar refractivity (Wildman–Crippen MR) is 82.8 cm³/mol. The van der Waals surface area contributed by atoms with E-state index in [1.54, 1.807) is 42.5 Å². The molecule has 2 rings (SSSR count). The van der Waals surface area contributed by atoms with Gasteiger partial charge in [-0.2, -0.15) is 0 Å². The lowest BCUT2D eigenvalue weighted by Gasteiger charge is -2.08. The van der Waals surface area contributed by atoms with Crippen LogP contribution in [0.2, 0.25) is 0 Å². The van der Waals surface area contributed by atoms with Crippen molar-refractivity contribution in [2.75, 3.05) is 13.2 Å². The van der Waals surface area contributed by atoms with E-state index in [9.17, 15) is 9.59 Å². The zero-order valence-electron chi connectivity index (χ0n) is 12.5. The molecule has 0 heterocycles. The van der Waals surface area contributed by atoms with Crippen LogP contribution in [0.5, 0.6) is 0 Å². The van der Waals surface area contributed by atoms with E-state index in [2.05, 4.69) is 0 Å². The Labute approximate surface area is 129 Å². The summed E-state index contributed by atoms with van der Waals surface area (Å²) in [6.45, 7) is 3.06. The van der Waals surface area contributed by atoms with Crippen LogP contribution in [0.25, 0.3) is 0 Å². The van der Waals surface area contributed by atoms with Crippen molar-refractivity contribution in [2.24, 2.45) is 0 Å². The Balaban J connectivity index is 2.08. The molecule has 114 valence electrons. The predicted octanol–water partition coefficient (Wildman–Crippen LogP) is 3.26. The van der Waals surface area contributed by atoms with Crippen LogP contribution in [-0.4, -0.2) is 25.2 Å². The van der Waals surface area contributed by atoms with Gasteiger partial charge >= 0.3 is 11.9 Å². The number of ether oxygens (including phenoxy) is 2. The first kappa shape index (κ1) is 15.9. The number of hydrogen-bond donors (Lipinski definition) is 0. The Morgan fingerprint density at radius 3 is 2.32 bits per heavy atom. The zero-order chi connectivity index (χ0) is 15.8. The van der Waals surface area contributed by atoms with E-state index in [1.807, 2.05) is 19.1 Å². The highest BCUT2D eigenvalue weighted by Crippen LogP contribution is 2.13.